The van der Waals surface area contributed by atoms with Crippen LogP contribution in [0.1, 0.15) is 55.1 Å². The first-order valence-electron chi connectivity index (χ1n) is 12.2. The summed E-state index contributed by atoms with van der Waals surface area (Å²) in [7, 11) is 5.42. The number of nitrogens with zero attached hydrogens (tertiary/aromatic N) is 2. The Morgan fingerprint density at radius 1 is 1.20 bits per heavy atom. The molecular weight excluding hydrogens is 448 g/mol. The molecule has 2 atom stereocenters. The third-order valence-electron chi connectivity index (χ3n) is 7.52. The van der Waals surface area contributed by atoms with Crippen LogP contribution in [0.3, 0.4) is 0 Å². The summed E-state index contributed by atoms with van der Waals surface area (Å²) >= 11 is 0. The molecule has 8 nitrogen and oxygen atoms in total. The molecule has 0 saturated carbocycles. The number of rotatable bonds is 9. The van der Waals surface area contributed by atoms with E-state index in [0.717, 1.165) is 24.1 Å². The summed E-state index contributed by atoms with van der Waals surface area (Å²) in [5.74, 6) is 0.0567. The van der Waals surface area contributed by atoms with E-state index in [1.165, 1.54) is 25.1 Å². The Morgan fingerprint density at radius 3 is 2.60 bits per heavy atom. The summed E-state index contributed by atoms with van der Waals surface area (Å²) < 4.78 is 19.3. The number of hydrogen-bond acceptors (Lipinski definition) is 6. The summed E-state index contributed by atoms with van der Waals surface area (Å²) in [5.41, 5.74) is 1.49. The van der Waals surface area contributed by atoms with Crippen molar-refractivity contribution in [2.75, 3.05) is 41.0 Å². The van der Waals surface area contributed by atoms with E-state index in [4.69, 9.17) is 14.2 Å². The highest BCUT2D eigenvalue weighted by molar-refractivity contribution is 5.88. The molecule has 8 heteroatoms. The van der Waals surface area contributed by atoms with E-state index in [0.29, 0.717) is 42.9 Å². The van der Waals surface area contributed by atoms with Crippen LogP contribution < -0.4 is 14.9 Å². The van der Waals surface area contributed by atoms with Gasteiger partial charge in [-0.15, -0.1) is 0 Å². The molecule has 3 heterocycles. The molecule has 4 rings (SSSR count). The van der Waals surface area contributed by atoms with Crippen LogP contribution >= 0.6 is 0 Å². The molecule has 2 aliphatic heterocycles. The van der Waals surface area contributed by atoms with Gasteiger partial charge in [0, 0.05) is 42.4 Å². The van der Waals surface area contributed by atoms with Crippen LogP contribution in [-0.2, 0) is 11.2 Å². The van der Waals surface area contributed by atoms with Gasteiger partial charge >= 0.3 is 5.97 Å². The predicted octanol–water partition coefficient (Wildman–Crippen LogP) is 3.86. The lowest BCUT2D eigenvalue weighted by Gasteiger charge is -2.40. The Labute approximate surface area is 206 Å². The molecule has 1 N–H and O–H groups in total. The Hall–Kier alpha value is -2.84. The highest BCUT2D eigenvalue weighted by Gasteiger charge is 2.37. The maximum absolute atomic E-state index is 12.7. The number of pyridine rings is 1. The third-order valence-corrected chi connectivity index (χ3v) is 7.52. The normalized spacial score (nSPS) is 19.8. The number of carbonyl (C=O) groups is 1. The van der Waals surface area contributed by atoms with Crippen LogP contribution in [0.25, 0.3) is 11.3 Å². The van der Waals surface area contributed by atoms with Gasteiger partial charge in [-0.2, -0.15) is 0 Å². The van der Waals surface area contributed by atoms with Crippen molar-refractivity contribution in [3.05, 3.63) is 45.7 Å². The van der Waals surface area contributed by atoms with Crippen molar-refractivity contribution in [1.29, 1.82) is 0 Å². The topological polar surface area (TPSA) is 90.2 Å². The lowest BCUT2D eigenvalue weighted by Crippen LogP contribution is -2.37. The van der Waals surface area contributed by atoms with Gasteiger partial charge in [0.2, 0.25) is 0 Å². The van der Waals surface area contributed by atoms with Gasteiger partial charge in [-0.3, -0.25) is 4.79 Å². The summed E-state index contributed by atoms with van der Waals surface area (Å²) in [6.45, 7) is 6.39. The molecule has 0 spiro atoms. The zero-order valence-electron chi connectivity index (χ0n) is 21.3. The average Bonchev–Trinajstić information content (AvgIpc) is 3.22. The van der Waals surface area contributed by atoms with Crippen LogP contribution in [0, 0.1) is 5.41 Å². The van der Waals surface area contributed by atoms with Crippen molar-refractivity contribution in [1.82, 2.24) is 9.47 Å². The van der Waals surface area contributed by atoms with Crippen LogP contribution in [0.4, 0.5) is 0 Å². The highest BCUT2D eigenvalue weighted by atomic mass is 16.5. The minimum Gasteiger partial charge on any atom is -0.493 e. The van der Waals surface area contributed by atoms with Gasteiger partial charge in [0.25, 0.3) is 0 Å². The molecule has 0 bridgehead atoms. The van der Waals surface area contributed by atoms with E-state index in [9.17, 15) is 14.7 Å². The Balaban J connectivity index is 1.74. The van der Waals surface area contributed by atoms with Gasteiger partial charge in [0.15, 0.2) is 16.9 Å². The quantitative estimate of drug-likeness (QED) is 0.578. The number of carboxylic acid groups (broad SMARTS) is 1. The first kappa shape index (κ1) is 25.3. The number of methoxy groups -OCH3 is 2. The van der Waals surface area contributed by atoms with Crippen LogP contribution in [0.2, 0.25) is 0 Å². The van der Waals surface area contributed by atoms with Gasteiger partial charge in [-0.05, 0) is 57.0 Å². The van der Waals surface area contributed by atoms with Crippen molar-refractivity contribution < 1.29 is 24.1 Å². The van der Waals surface area contributed by atoms with Crippen molar-refractivity contribution >= 4 is 5.97 Å². The van der Waals surface area contributed by atoms with Crippen LogP contribution in [-0.4, -0.2) is 67.6 Å². The third kappa shape index (κ3) is 4.95. The van der Waals surface area contributed by atoms with E-state index in [2.05, 4.69) is 25.8 Å². The molecule has 0 aliphatic carbocycles. The second kappa shape index (κ2) is 10.0. The van der Waals surface area contributed by atoms with E-state index in [1.54, 1.807) is 14.2 Å². The van der Waals surface area contributed by atoms with Gasteiger partial charge in [-0.25, -0.2) is 4.79 Å². The number of ether oxygens (including phenoxy) is 3. The standard InChI is InChI=1S/C27H36N2O6/c1-27(2,16-33-4)25-12-17-11-24(35-10-8-18-7-6-9-28(18)3)23(34-5)13-19(17)21-14-22(30)20(26(31)32)15-29(21)25/h11,13-15,18,25H,6-10,12,16H2,1-5H3,(H,31,32). The first-order chi connectivity index (χ1) is 16.7. The van der Waals surface area contributed by atoms with Gasteiger partial charge in [0.1, 0.15) is 5.56 Å². The van der Waals surface area contributed by atoms with Gasteiger partial charge < -0.3 is 28.8 Å². The molecule has 1 aromatic carbocycles. The lowest BCUT2D eigenvalue weighted by molar-refractivity contribution is 0.0615. The molecule has 2 aromatic rings. The Bertz CT molecular complexity index is 1160. The molecular formula is C27H36N2O6. The summed E-state index contributed by atoms with van der Waals surface area (Å²) in [4.78, 5) is 26.8. The number of carboxylic acids is 1. The molecule has 2 unspecified atom stereocenters. The number of benzene rings is 1. The minimum absolute atomic E-state index is 0.114. The van der Waals surface area contributed by atoms with Crippen LogP contribution in [0.5, 0.6) is 11.5 Å². The number of likely N-dealkylation sites (tertiary alicyclic amines) is 1. The molecule has 2 aliphatic rings. The highest BCUT2D eigenvalue weighted by Crippen LogP contribution is 2.46. The largest absolute Gasteiger partial charge is 0.493 e. The molecule has 0 radical (unpaired) electrons. The number of hydrogen-bond donors (Lipinski definition) is 1. The van der Waals surface area contributed by atoms with E-state index in [-0.39, 0.29) is 17.0 Å². The minimum atomic E-state index is -1.23. The monoisotopic (exact) mass is 484 g/mol. The maximum atomic E-state index is 12.7. The van der Waals surface area contributed by atoms with Crippen molar-refractivity contribution in [3.8, 4) is 22.8 Å². The Kier molecular flexibility index (Phi) is 7.24. The fourth-order valence-corrected chi connectivity index (χ4v) is 5.54. The average molecular weight is 485 g/mol. The van der Waals surface area contributed by atoms with Crippen LogP contribution in [0.15, 0.2) is 29.2 Å². The summed E-state index contributed by atoms with van der Waals surface area (Å²) in [6, 6.07) is 5.77. The van der Waals surface area contributed by atoms with E-state index < -0.39 is 11.4 Å². The number of aromatic carboxylic acids is 1. The number of aromatic nitrogens is 1. The predicted molar refractivity (Wildman–Crippen MR) is 134 cm³/mol. The summed E-state index contributed by atoms with van der Waals surface area (Å²) in [6.07, 6.45) is 5.49. The molecule has 190 valence electrons. The molecule has 1 saturated heterocycles. The van der Waals surface area contributed by atoms with Crippen molar-refractivity contribution in [2.45, 2.75) is 51.6 Å². The van der Waals surface area contributed by atoms with E-state index in [1.807, 2.05) is 16.7 Å². The summed E-state index contributed by atoms with van der Waals surface area (Å²) in [5, 5.41) is 9.57. The SMILES string of the molecule is COCC(C)(C)C1Cc2cc(OCCC3CCCN3C)c(OC)cc2-c2cc(=O)c(C(=O)O)cn21. The van der Waals surface area contributed by atoms with E-state index >= 15 is 0 Å². The van der Waals surface area contributed by atoms with Crippen molar-refractivity contribution in [3.63, 3.8) is 0 Å². The maximum Gasteiger partial charge on any atom is 0.341 e. The fraction of sp³-hybridized carbons (Fsp3) is 0.556. The molecule has 35 heavy (non-hydrogen) atoms. The second-order valence-electron chi connectivity index (χ2n) is 10.4. The zero-order valence-corrected chi connectivity index (χ0v) is 21.3. The van der Waals surface area contributed by atoms with Gasteiger partial charge in [-0.1, -0.05) is 13.8 Å². The smallest absolute Gasteiger partial charge is 0.341 e. The second-order valence-corrected chi connectivity index (χ2v) is 10.4. The zero-order chi connectivity index (χ0) is 25.3. The first-order valence-corrected chi connectivity index (χ1v) is 12.2. The molecule has 1 fully saturated rings. The fourth-order valence-electron chi connectivity index (χ4n) is 5.54. The van der Waals surface area contributed by atoms with Crippen molar-refractivity contribution in [2.24, 2.45) is 5.41 Å². The number of fused-ring (bicyclic) bond motifs is 3. The lowest BCUT2D eigenvalue weighted by atomic mass is 9.77. The molecule has 0 amide bonds. The van der Waals surface area contributed by atoms with Gasteiger partial charge in [0.05, 0.1) is 26.0 Å². The Morgan fingerprint density at radius 2 is 1.97 bits per heavy atom. The molecule has 1 aromatic heterocycles.